The summed E-state index contributed by atoms with van der Waals surface area (Å²) in [5.41, 5.74) is 0.108. The van der Waals surface area contributed by atoms with Gasteiger partial charge in [-0.15, -0.1) is 6.42 Å². The van der Waals surface area contributed by atoms with Crippen LogP contribution in [0.25, 0.3) is 0 Å². The van der Waals surface area contributed by atoms with Gasteiger partial charge in [-0.25, -0.2) is 4.79 Å². The van der Waals surface area contributed by atoms with Crippen molar-refractivity contribution >= 4 is 29.7 Å². The lowest BCUT2D eigenvalue weighted by Gasteiger charge is -2.40. The van der Waals surface area contributed by atoms with Gasteiger partial charge in [-0.2, -0.15) is 11.8 Å². The molecule has 218 valence electrons. The van der Waals surface area contributed by atoms with Crippen LogP contribution in [0.3, 0.4) is 0 Å². The number of benzene rings is 1. The lowest BCUT2D eigenvalue weighted by molar-refractivity contribution is -0.145. The molecule has 0 heterocycles. The number of hydrogen-bond acceptors (Lipinski definition) is 5. The van der Waals surface area contributed by atoms with E-state index in [0.717, 1.165) is 6.42 Å². The summed E-state index contributed by atoms with van der Waals surface area (Å²) in [6.45, 7) is 17.3. The fourth-order valence-electron chi connectivity index (χ4n) is 4.07. The highest BCUT2D eigenvalue weighted by Gasteiger charge is 2.39. The number of alkyl carbamates (subject to hydrolysis) is 1. The number of hydrogen-bond donors (Lipinski definition) is 2. The molecule has 0 aliphatic rings. The molecule has 3 unspecified atom stereocenters. The van der Waals surface area contributed by atoms with Crippen molar-refractivity contribution in [3.8, 4) is 12.3 Å². The lowest BCUT2D eigenvalue weighted by atomic mass is 9.95. The molecule has 0 aliphatic heterocycles. The summed E-state index contributed by atoms with van der Waals surface area (Å²) in [4.78, 5) is 42.7. The standard InChI is InChI=1S/C31H49N3O4S/c1-12-23-15-17-24(18-16-23)26(27(35)33-30(5,6)7)34(22(4)14-13-21(2)3)28(36)25(19-20-39-11)32-29(37)38-31(8,9)10/h1,15-18,21-22,25-26H,13-14,19-20H2,2-11H3,(H,32,37)(H,33,35). The van der Waals surface area contributed by atoms with E-state index in [0.29, 0.717) is 35.6 Å². The van der Waals surface area contributed by atoms with Crippen LogP contribution in [-0.4, -0.2) is 58.0 Å². The number of ether oxygens (including phenoxy) is 1. The van der Waals surface area contributed by atoms with Gasteiger partial charge >= 0.3 is 6.09 Å². The fourth-order valence-corrected chi connectivity index (χ4v) is 4.54. The first-order valence-corrected chi connectivity index (χ1v) is 15.1. The molecule has 1 rings (SSSR count). The van der Waals surface area contributed by atoms with Crippen molar-refractivity contribution in [3.05, 3.63) is 35.4 Å². The Kier molecular flexibility index (Phi) is 13.4. The van der Waals surface area contributed by atoms with E-state index in [2.05, 4.69) is 30.4 Å². The number of carbonyl (C=O) groups is 3. The van der Waals surface area contributed by atoms with Crippen molar-refractivity contribution in [2.45, 2.75) is 111 Å². The summed E-state index contributed by atoms with van der Waals surface area (Å²) in [7, 11) is 0. The maximum atomic E-state index is 14.4. The molecule has 0 saturated carbocycles. The van der Waals surface area contributed by atoms with E-state index >= 15 is 0 Å². The SMILES string of the molecule is C#Cc1ccc(C(C(=O)NC(C)(C)C)N(C(=O)C(CCSC)NC(=O)OC(C)(C)C)C(C)CCC(C)C)cc1. The van der Waals surface area contributed by atoms with Crippen molar-refractivity contribution in [1.82, 2.24) is 15.5 Å². The van der Waals surface area contributed by atoms with Crippen LogP contribution >= 0.6 is 11.8 Å². The van der Waals surface area contributed by atoms with Gasteiger partial charge in [0.25, 0.3) is 0 Å². The Hall–Kier alpha value is -2.66. The molecule has 3 amide bonds. The average molecular weight is 560 g/mol. The zero-order chi connectivity index (χ0) is 30.0. The summed E-state index contributed by atoms with van der Waals surface area (Å²) in [6, 6.07) is 5.11. The highest BCUT2D eigenvalue weighted by atomic mass is 32.2. The van der Waals surface area contributed by atoms with Crippen molar-refractivity contribution in [2.75, 3.05) is 12.0 Å². The third-order valence-corrected chi connectivity index (χ3v) is 6.55. The van der Waals surface area contributed by atoms with Crippen LogP contribution in [0.5, 0.6) is 0 Å². The monoisotopic (exact) mass is 559 g/mol. The number of rotatable bonds is 12. The van der Waals surface area contributed by atoms with Crippen LogP contribution in [-0.2, 0) is 14.3 Å². The van der Waals surface area contributed by atoms with Crippen LogP contribution in [0, 0.1) is 18.3 Å². The summed E-state index contributed by atoms with van der Waals surface area (Å²) in [5, 5.41) is 5.86. The van der Waals surface area contributed by atoms with Crippen molar-refractivity contribution in [1.29, 1.82) is 0 Å². The lowest BCUT2D eigenvalue weighted by Crippen LogP contribution is -2.57. The minimum Gasteiger partial charge on any atom is -0.444 e. The van der Waals surface area contributed by atoms with E-state index in [1.807, 2.05) is 34.0 Å². The molecular weight excluding hydrogens is 510 g/mol. The number of terminal acetylenes is 1. The first-order valence-electron chi connectivity index (χ1n) is 13.7. The third kappa shape index (κ3) is 12.4. The summed E-state index contributed by atoms with van der Waals surface area (Å²) >= 11 is 1.58. The molecule has 39 heavy (non-hydrogen) atoms. The Morgan fingerprint density at radius 2 is 1.59 bits per heavy atom. The van der Waals surface area contributed by atoms with Crippen LogP contribution in [0.2, 0.25) is 0 Å². The first kappa shape index (κ1) is 34.4. The van der Waals surface area contributed by atoms with E-state index in [9.17, 15) is 14.4 Å². The van der Waals surface area contributed by atoms with E-state index in [1.165, 1.54) is 0 Å². The number of nitrogens with zero attached hydrogens (tertiary/aromatic N) is 1. The highest BCUT2D eigenvalue weighted by molar-refractivity contribution is 7.98. The van der Waals surface area contributed by atoms with Crippen molar-refractivity contribution < 1.29 is 19.1 Å². The topological polar surface area (TPSA) is 87.7 Å². The highest BCUT2D eigenvalue weighted by Crippen LogP contribution is 2.29. The van der Waals surface area contributed by atoms with Gasteiger partial charge in [-0.3, -0.25) is 9.59 Å². The predicted octanol–water partition coefficient (Wildman–Crippen LogP) is 5.92. The predicted molar refractivity (Wildman–Crippen MR) is 162 cm³/mol. The first-order chi connectivity index (χ1) is 18.0. The molecule has 0 saturated heterocycles. The Labute approximate surface area is 240 Å². The minimum absolute atomic E-state index is 0.278. The largest absolute Gasteiger partial charge is 0.444 e. The van der Waals surface area contributed by atoms with Gasteiger partial charge in [0.1, 0.15) is 17.7 Å². The molecule has 0 bridgehead atoms. The smallest absolute Gasteiger partial charge is 0.408 e. The quantitative estimate of drug-likeness (QED) is 0.310. The second-order valence-electron chi connectivity index (χ2n) is 12.5. The van der Waals surface area contributed by atoms with E-state index in [4.69, 9.17) is 11.2 Å². The summed E-state index contributed by atoms with van der Waals surface area (Å²) in [5.74, 6) is 3.07. The normalized spacial score (nSPS) is 14.1. The Bertz CT molecular complexity index is 987. The molecule has 0 spiro atoms. The van der Waals surface area contributed by atoms with Gasteiger partial charge < -0.3 is 20.3 Å². The Morgan fingerprint density at radius 3 is 2.05 bits per heavy atom. The maximum Gasteiger partial charge on any atom is 0.408 e. The number of amides is 3. The molecular formula is C31H49N3O4S. The van der Waals surface area contributed by atoms with Crippen LogP contribution in [0.1, 0.15) is 98.7 Å². The fraction of sp³-hybridized carbons (Fsp3) is 0.645. The average Bonchev–Trinajstić information content (AvgIpc) is 2.80. The van der Waals surface area contributed by atoms with Crippen LogP contribution in [0.4, 0.5) is 4.79 Å². The second kappa shape index (κ2) is 15.2. The van der Waals surface area contributed by atoms with Gasteiger partial charge in [0.05, 0.1) is 0 Å². The molecule has 0 aliphatic carbocycles. The van der Waals surface area contributed by atoms with Gasteiger partial charge in [0.2, 0.25) is 11.8 Å². The van der Waals surface area contributed by atoms with Crippen LogP contribution < -0.4 is 10.6 Å². The third-order valence-electron chi connectivity index (χ3n) is 5.91. The van der Waals surface area contributed by atoms with Gasteiger partial charge in [-0.1, -0.05) is 31.9 Å². The number of carbonyl (C=O) groups excluding carboxylic acids is 3. The number of thioether (sulfide) groups is 1. The van der Waals surface area contributed by atoms with Gasteiger partial charge in [0.15, 0.2) is 0 Å². The van der Waals surface area contributed by atoms with E-state index in [1.54, 1.807) is 61.7 Å². The minimum atomic E-state index is -0.914. The molecule has 0 aromatic heterocycles. The zero-order valence-corrected chi connectivity index (χ0v) is 26.3. The molecule has 3 atom stereocenters. The Morgan fingerprint density at radius 1 is 1.00 bits per heavy atom. The zero-order valence-electron chi connectivity index (χ0n) is 25.5. The van der Waals surface area contributed by atoms with E-state index < -0.39 is 29.3 Å². The molecule has 0 fully saturated rings. The summed E-state index contributed by atoms with van der Waals surface area (Å²) < 4.78 is 5.48. The van der Waals surface area contributed by atoms with Gasteiger partial charge in [0, 0.05) is 17.1 Å². The second-order valence-corrected chi connectivity index (χ2v) is 13.4. The molecule has 2 N–H and O–H groups in total. The Balaban J connectivity index is 3.66. The summed E-state index contributed by atoms with van der Waals surface area (Å²) in [6.07, 6.45) is 8.84. The molecule has 1 aromatic rings. The van der Waals surface area contributed by atoms with E-state index in [-0.39, 0.29) is 17.9 Å². The molecule has 1 aromatic carbocycles. The molecule has 0 radical (unpaired) electrons. The maximum absolute atomic E-state index is 14.4. The van der Waals surface area contributed by atoms with Crippen LogP contribution in [0.15, 0.2) is 24.3 Å². The number of nitrogens with one attached hydrogen (secondary N) is 2. The van der Waals surface area contributed by atoms with Crippen molar-refractivity contribution in [3.63, 3.8) is 0 Å². The van der Waals surface area contributed by atoms with Gasteiger partial charge in [-0.05, 0) is 103 Å². The molecule has 7 nitrogen and oxygen atoms in total. The van der Waals surface area contributed by atoms with Crippen molar-refractivity contribution in [2.24, 2.45) is 5.92 Å². The molecule has 8 heteroatoms.